The molecule has 0 unspecified atom stereocenters. The summed E-state index contributed by atoms with van der Waals surface area (Å²) in [6, 6.07) is 4.49. The number of anilines is 1. The van der Waals surface area contributed by atoms with Gasteiger partial charge in [0, 0.05) is 19.7 Å². The van der Waals surface area contributed by atoms with Gasteiger partial charge in [0.2, 0.25) is 0 Å². The minimum Gasteiger partial charge on any atom is -0.392 e. The normalized spacial score (nSPS) is 11.3. The summed E-state index contributed by atoms with van der Waals surface area (Å²) in [6.07, 6.45) is 0. The number of hydrogen-bond donors (Lipinski definition) is 2. The average Bonchev–Trinajstić information content (AvgIpc) is 2.36. The highest BCUT2D eigenvalue weighted by Gasteiger charge is 2.19. The predicted octanol–water partition coefficient (Wildman–Crippen LogP) is 1.92. The lowest BCUT2D eigenvalue weighted by molar-refractivity contribution is -0.384. The number of nitrogens with zero attached hydrogens (tertiary/aromatic N) is 1. The average molecular weight is 254 g/mol. The highest BCUT2D eigenvalue weighted by molar-refractivity contribution is 5.62. The van der Waals surface area contributed by atoms with E-state index in [-0.39, 0.29) is 12.3 Å². The van der Waals surface area contributed by atoms with Crippen LogP contribution < -0.4 is 5.32 Å². The zero-order valence-electron chi connectivity index (χ0n) is 10.8. The van der Waals surface area contributed by atoms with E-state index in [1.54, 1.807) is 13.2 Å². The van der Waals surface area contributed by atoms with Crippen molar-refractivity contribution in [1.29, 1.82) is 0 Å². The Bertz CT molecular complexity index is 432. The molecule has 100 valence electrons. The number of aliphatic hydroxyl groups is 1. The second kappa shape index (κ2) is 5.79. The standard InChI is InChI=1S/C12H18N2O4/c1-12(2,18-3)8-13-10-6-9(7-15)4-5-11(10)14(16)17/h4-6,13,15H,7-8H2,1-3H3. The summed E-state index contributed by atoms with van der Waals surface area (Å²) in [5.41, 5.74) is 0.567. The maximum atomic E-state index is 10.9. The van der Waals surface area contributed by atoms with Crippen LogP contribution in [0.15, 0.2) is 18.2 Å². The molecule has 2 N–H and O–H groups in total. The highest BCUT2D eigenvalue weighted by Crippen LogP contribution is 2.26. The van der Waals surface area contributed by atoms with E-state index in [4.69, 9.17) is 9.84 Å². The number of aliphatic hydroxyl groups excluding tert-OH is 1. The van der Waals surface area contributed by atoms with E-state index in [2.05, 4.69) is 5.32 Å². The molecule has 0 aliphatic heterocycles. The molecule has 0 atom stereocenters. The van der Waals surface area contributed by atoms with Gasteiger partial charge in [-0.3, -0.25) is 10.1 Å². The first-order chi connectivity index (χ1) is 8.39. The number of hydrogen-bond acceptors (Lipinski definition) is 5. The first-order valence-electron chi connectivity index (χ1n) is 5.57. The van der Waals surface area contributed by atoms with E-state index < -0.39 is 10.5 Å². The molecule has 0 heterocycles. The number of methoxy groups -OCH3 is 1. The van der Waals surface area contributed by atoms with Crippen molar-refractivity contribution in [3.63, 3.8) is 0 Å². The molecule has 1 rings (SSSR count). The molecule has 1 aromatic rings. The summed E-state index contributed by atoms with van der Waals surface area (Å²) in [5.74, 6) is 0. The summed E-state index contributed by atoms with van der Waals surface area (Å²) < 4.78 is 5.23. The fourth-order valence-corrected chi connectivity index (χ4v) is 1.36. The van der Waals surface area contributed by atoms with Crippen molar-refractivity contribution in [1.82, 2.24) is 0 Å². The topological polar surface area (TPSA) is 84.6 Å². The Kier molecular flexibility index (Phi) is 4.63. The molecule has 0 fully saturated rings. The molecule has 0 saturated heterocycles. The lowest BCUT2D eigenvalue weighted by Crippen LogP contribution is -2.32. The van der Waals surface area contributed by atoms with Crippen LogP contribution in [0.4, 0.5) is 11.4 Å². The molecule has 0 aliphatic carbocycles. The van der Waals surface area contributed by atoms with Crippen LogP contribution in [-0.2, 0) is 11.3 Å². The maximum absolute atomic E-state index is 10.9. The molecule has 0 radical (unpaired) electrons. The Morgan fingerprint density at radius 3 is 2.67 bits per heavy atom. The molecule has 0 saturated carbocycles. The molecular weight excluding hydrogens is 236 g/mol. The summed E-state index contributed by atoms with van der Waals surface area (Å²) in [7, 11) is 1.58. The van der Waals surface area contributed by atoms with Crippen molar-refractivity contribution in [2.75, 3.05) is 19.0 Å². The molecule has 6 heteroatoms. The van der Waals surface area contributed by atoms with E-state index in [9.17, 15) is 10.1 Å². The first-order valence-corrected chi connectivity index (χ1v) is 5.57. The zero-order valence-corrected chi connectivity index (χ0v) is 10.8. The molecular formula is C12H18N2O4. The second-order valence-corrected chi connectivity index (χ2v) is 4.58. The summed E-state index contributed by atoms with van der Waals surface area (Å²) in [4.78, 5) is 10.4. The number of nitro groups is 1. The van der Waals surface area contributed by atoms with Crippen LogP contribution in [0.25, 0.3) is 0 Å². The van der Waals surface area contributed by atoms with Gasteiger partial charge >= 0.3 is 0 Å². The van der Waals surface area contributed by atoms with E-state index in [0.29, 0.717) is 17.8 Å². The molecule has 18 heavy (non-hydrogen) atoms. The van der Waals surface area contributed by atoms with Crippen LogP contribution in [0.1, 0.15) is 19.4 Å². The zero-order chi connectivity index (χ0) is 13.8. The molecule has 0 amide bonds. The predicted molar refractivity (Wildman–Crippen MR) is 68.6 cm³/mol. The van der Waals surface area contributed by atoms with Gasteiger partial charge in [-0.25, -0.2) is 0 Å². The van der Waals surface area contributed by atoms with Crippen LogP contribution >= 0.6 is 0 Å². The van der Waals surface area contributed by atoms with Crippen LogP contribution in [0.2, 0.25) is 0 Å². The molecule has 0 spiro atoms. The van der Waals surface area contributed by atoms with Gasteiger partial charge in [-0.05, 0) is 31.5 Å². The van der Waals surface area contributed by atoms with Crippen LogP contribution in [-0.4, -0.2) is 29.3 Å². The molecule has 0 bridgehead atoms. The summed E-state index contributed by atoms with van der Waals surface area (Å²) >= 11 is 0. The number of benzene rings is 1. The van der Waals surface area contributed by atoms with Gasteiger partial charge < -0.3 is 15.2 Å². The maximum Gasteiger partial charge on any atom is 0.292 e. The SMILES string of the molecule is COC(C)(C)CNc1cc(CO)ccc1[N+](=O)[O-]. The Morgan fingerprint density at radius 2 is 2.17 bits per heavy atom. The van der Waals surface area contributed by atoms with Gasteiger partial charge in [0.25, 0.3) is 5.69 Å². The fourth-order valence-electron chi connectivity index (χ4n) is 1.36. The van der Waals surface area contributed by atoms with Crippen molar-refractivity contribution in [3.05, 3.63) is 33.9 Å². The van der Waals surface area contributed by atoms with Gasteiger partial charge in [-0.1, -0.05) is 0 Å². The fraction of sp³-hybridized carbons (Fsp3) is 0.500. The lowest BCUT2D eigenvalue weighted by Gasteiger charge is -2.23. The number of rotatable bonds is 6. The van der Waals surface area contributed by atoms with E-state index in [1.807, 2.05) is 13.8 Å². The molecule has 0 aliphatic rings. The highest BCUT2D eigenvalue weighted by atomic mass is 16.6. The Labute approximate surface area is 106 Å². The monoisotopic (exact) mass is 254 g/mol. The molecule has 1 aromatic carbocycles. The van der Waals surface area contributed by atoms with Gasteiger partial charge in [0.1, 0.15) is 5.69 Å². The van der Waals surface area contributed by atoms with E-state index >= 15 is 0 Å². The third kappa shape index (κ3) is 3.68. The smallest absolute Gasteiger partial charge is 0.292 e. The largest absolute Gasteiger partial charge is 0.392 e. The summed E-state index contributed by atoms with van der Waals surface area (Å²) in [6.45, 7) is 4.03. The first kappa shape index (κ1) is 14.4. The van der Waals surface area contributed by atoms with Gasteiger partial charge in [0.15, 0.2) is 0 Å². The third-order valence-electron chi connectivity index (χ3n) is 2.70. The Balaban J connectivity index is 2.94. The minimum absolute atomic E-state index is 0.0147. The second-order valence-electron chi connectivity index (χ2n) is 4.58. The molecule has 6 nitrogen and oxygen atoms in total. The third-order valence-corrected chi connectivity index (χ3v) is 2.70. The van der Waals surface area contributed by atoms with Crippen molar-refractivity contribution in [2.24, 2.45) is 0 Å². The lowest BCUT2D eigenvalue weighted by atomic mass is 10.1. The summed E-state index contributed by atoms with van der Waals surface area (Å²) in [5, 5.41) is 22.9. The van der Waals surface area contributed by atoms with Gasteiger partial charge in [-0.15, -0.1) is 0 Å². The van der Waals surface area contributed by atoms with Gasteiger partial charge in [0.05, 0.1) is 17.1 Å². The Morgan fingerprint density at radius 1 is 1.50 bits per heavy atom. The number of nitrogens with one attached hydrogen (secondary N) is 1. The number of nitro benzene ring substituents is 1. The van der Waals surface area contributed by atoms with Crippen LogP contribution in [0.3, 0.4) is 0 Å². The van der Waals surface area contributed by atoms with Crippen LogP contribution in [0, 0.1) is 10.1 Å². The molecule has 0 aromatic heterocycles. The number of ether oxygens (including phenoxy) is 1. The van der Waals surface area contributed by atoms with Crippen molar-refractivity contribution in [3.8, 4) is 0 Å². The van der Waals surface area contributed by atoms with Crippen molar-refractivity contribution < 1.29 is 14.8 Å². The minimum atomic E-state index is -0.455. The van der Waals surface area contributed by atoms with E-state index in [1.165, 1.54) is 12.1 Å². The Hall–Kier alpha value is -1.66. The van der Waals surface area contributed by atoms with Gasteiger partial charge in [-0.2, -0.15) is 0 Å². The van der Waals surface area contributed by atoms with Crippen molar-refractivity contribution >= 4 is 11.4 Å². The quantitative estimate of drug-likeness (QED) is 0.598. The van der Waals surface area contributed by atoms with Crippen LogP contribution in [0.5, 0.6) is 0 Å². The van der Waals surface area contributed by atoms with E-state index in [0.717, 1.165) is 0 Å². The van der Waals surface area contributed by atoms with Crippen molar-refractivity contribution in [2.45, 2.75) is 26.1 Å².